The zero-order valence-corrected chi connectivity index (χ0v) is 23.8. The fourth-order valence-corrected chi connectivity index (χ4v) is 6.49. The van der Waals surface area contributed by atoms with Crippen molar-refractivity contribution in [2.45, 2.75) is 30.7 Å². The number of primary sulfonamides is 1. The van der Waals surface area contributed by atoms with Gasteiger partial charge < -0.3 is 14.8 Å². The van der Waals surface area contributed by atoms with Crippen molar-refractivity contribution in [1.82, 2.24) is 9.55 Å². The normalized spacial score (nSPS) is 13.4. The number of phenolic OH excluding ortho intramolecular Hbond substituents is 1. The van der Waals surface area contributed by atoms with E-state index in [2.05, 4.69) is 9.55 Å². The number of carboxylic acid groups (broad SMARTS) is 1. The highest BCUT2D eigenvalue weighted by Gasteiger charge is 2.28. The zero-order chi connectivity index (χ0) is 29.6. The van der Waals surface area contributed by atoms with Crippen LogP contribution in [-0.2, 0) is 23.0 Å². The number of sulfonamides is 1. The van der Waals surface area contributed by atoms with Gasteiger partial charge in [0, 0.05) is 28.9 Å². The molecule has 1 fully saturated rings. The van der Waals surface area contributed by atoms with E-state index in [9.17, 15) is 27.8 Å². The Labute approximate surface area is 245 Å². The number of aromatic hydroxyl groups is 1. The van der Waals surface area contributed by atoms with Gasteiger partial charge in [0.05, 0.1) is 0 Å². The number of aromatic nitrogens is 2. The molecule has 0 saturated heterocycles. The van der Waals surface area contributed by atoms with Crippen molar-refractivity contribution < 1.29 is 27.8 Å². The number of hydrogen-bond donors (Lipinski definition) is 3. The number of nitrogens with zero attached hydrogens (tertiary/aromatic N) is 2. The quantitative estimate of drug-likeness (QED) is 0.185. The van der Waals surface area contributed by atoms with Gasteiger partial charge in [-0.25, -0.2) is 27.7 Å². The molecule has 6 rings (SSSR count). The van der Waals surface area contributed by atoms with Gasteiger partial charge in [0.25, 0.3) is 0 Å². The van der Waals surface area contributed by atoms with Gasteiger partial charge in [0.2, 0.25) is 10.0 Å². The fourth-order valence-electron chi connectivity index (χ4n) is 5.07. The lowest BCUT2D eigenvalue weighted by Gasteiger charge is -2.16. The van der Waals surface area contributed by atoms with Crippen molar-refractivity contribution in [3.63, 3.8) is 0 Å². The Hall–Kier alpha value is -4.32. The van der Waals surface area contributed by atoms with E-state index < -0.39 is 26.7 Å². The van der Waals surface area contributed by atoms with E-state index in [0.717, 1.165) is 52.9 Å². The van der Waals surface area contributed by atoms with Crippen LogP contribution in [0.2, 0.25) is 0 Å². The summed E-state index contributed by atoms with van der Waals surface area (Å²) in [5.41, 5.74) is 5.81. The molecular formula is C31H26FN3O5S2. The number of hydrogen-bond acceptors (Lipinski definition) is 6. The van der Waals surface area contributed by atoms with Crippen molar-refractivity contribution in [1.29, 1.82) is 0 Å². The highest BCUT2D eigenvalue weighted by molar-refractivity contribution is 7.89. The lowest BCUT2D eigenvalue weighted by atomic mass is 10.0. The summed E-state index contributed by atoms with van der Waals surface area (Å²) < 4.78 is 40.5. The number of halogens is 1. The molecule has 0 atom stereocenters. The third kappa shape index (κ3) is 5.71. The molecule has 1 aliphatic carbocycles. The minimum atomic E-state index is -4.21. The van der Waals surface area contributed by atoms with Crippen LogP contribution in [0.3, 0.4) is 0 Å². The van der Waals surface area contributed by atoms with Gasteiger partial charge in [-0.05, 0) is 83.8 Å². The highest BCUT2D eigenvalue weighted by atomic mass is 32.2. The Balaban J connectivity index is 1.52. The molecule has 0 amide bonds. The van der Waals surface area contributed by atoms with Crippen molar-refractivity contribution in [3.8, 4) is 38.7 Å². The van der Waals surface area contributed by atoms with E-state index in [1.54, 1.807) is 18.2 Å². The maximum atomic E-state index is 14.9. The van der Waals surface area contributed by atoms with Crippen molar-refractivity contribution >= 4 is 27.3 Å². The first-order valence-corrected chi connectivity index (χ1v) is 15.6. The minimum absolute atomic E-state index is 0.0309. The summed E-state index contributed by atoms with van der Waals surface area (Å²) in [4.78, 5) is 15.4. The van der Waals surface area contributed by atoms with Crippen LogP contribution >= 0.6 is 11.3 Å². The van der Waals surface area contributed by atoms with E-state index in [0.29, 0.717) is 16.5 Å². The summed E-state index contributed by atoms with van der Waals surface area (Å²) in [6, 6.07) is 20.7. The standard InChI is InChI=1S/C31H26FN3O5S2/c32-25-12-19(6-11-29(25)42(33,39)40)16-35-27(22-3-1-2-21(14-22)20-7-9-23(36)10-8-20)15-24(28(35)13-18-4-5-18)30-34-26(17-41-30)31(37)38/h1-3,6-12,14-15,17-18,36H,4-5,13,16H2,(H,37,38)(H2,33,39,40). The summed E-state index contributed by atoms with van der Waals surface area (Å²) >= 11 is 1.26. The van der Waals surface area contributed by atoms with E-state index in [1.165, 1.54) is 28.8 Å². The van der Waals surface area contributed by atoms with E-state index >= 15 is 0 Å². The highest BCUT2D eigenvalue weighted by Crippen LogP contribution is 2.41. The van der Waals surface area contributed by atoms with Crippen molar-refractivity contribution in [3.05, 3.63) is 101 Å². The van der Waals surface area contributed by atoms with E-state index in [1.807, 2.05) is 42.5 Å². The number of carboxylic acids is 1. The SMILES string of the molecule is NS(=O)(=O)c1ccc(Cn2c(-c3cccc(-c4ccc(O)cc4)c3)cc(-c3nc(C(=O)O)cs3)c2CC2CC2)cc1F. The molecule has 0 bridgehead atoms. The number of carbonyl (C=O) groups is 1. The molecule has 0 unspecified atom stereocenters. The third-order valence-electron chi connectivity index (χ3n) is 7.34. The second-order valence-corrected chi connectivity index (χ2v) is 12.8. The number of rotatable bonds is 9. The molecule has 4 N–H and O–H groups in total. The largest absolute Gasteiger partial charge is 0.508 e. The molecule has 2 heterocycles. The molecule has 0 aliphatic heterocycles. The van der Waals surface area contributed by atoms with Gasteiger partial charge in [-0.15, -0.1) is 11.3 Å². The molecule has 5 aromatic rings. The van der Waals surface area contributed by atoms with Crippen LogP contribution in [-0.4, -0.2) is 34.2 Å². The Bertz CT molecular complexity index is 1930. The topological polar surface area (TPSA) is 136 Å². The number of nitrogens with two attached hydrogens (primary N) is 1. The second-order valence-electron chi connectivity index (χ2n) is 10.4. The Morgan fingerprint density at radius 3 is 2.40 bits per heavy atom. The summed E-state index contributed by atoms with van der Waals surface area (Å²) in [5.74, 6) is -1.39. The van der Waals surface area contributed by atoms with Gasteiger partial charge >= 0.3 is 5.97 Å². The van der Waals surface area contributed by atoms with Crippen molar-refractivity contribution in [2.75, 3.05) is 0 Å². The lowest BCUT2D eigenvalue weighted by molar-refractivity contribution is 0.0691. The number of phenols is 1. The molecule has 8 nitrogen and oxygen atoms in total. The second kappa shape index (κ2) is 10.8. The Morgan fingerprint density at radius 1 is 1.02 bits per heavy atom. The minimum Gasteiger partial charge on any atom is -0.508 e. The van der Waals surface area contributed by atoms with Gasteiger partial charge in [0.15, 0.2) is 5.69 Å². The monoisotopic (exact) mass is 603 g/mol. The molecule has 11 heteroatoms. The van der Waals surface area contributed by atoms with E-state index in [4.69, 9.17) is 5.14 Å². The number of aromatic carboxylic acids is 1. The smallest absolute Gasteiger partial charge is 0.355 e. The first-order valence-electron chi connectivity index (χ1n) is 13.2. The first kappa shape index (κ1) is 27.8. The molecule has 3 aromatic carbocycles. The first-order chi connectivity index (χ1) is 20.1. The van der Waals surface area contributed by atoms with Crippen LogP contribution in [0.4, 0.5) is 4.39 Å². The lowest BCUT2D eigenvalue weighted by Crippen LogP contribution is -2.14. The zero-order valence-electron chi connectivity index (χ0n) is 22.2. The van der Waals surface area contributed by atoms with Crippen LogP contribution < -0.4 is 5.14 Å². The maximum absolute atomic E-state index is 14.9. The van der Waals surface area contributed by atoms with Gasteiger partial charge in [0.1, 0.15) is 21.5 Å². The molecule has 0 radical (unpaired) electrons. The van der Waals surface area contributed by atoms with Crippen LogP contribution in [0.1, 0.15) is 34.6 Å². The van der Waals surface area contributed by atoms with E-state index in [-0.39, 0.29) is 18.0 Å². The predicted molar refractivity (Wildman–Crippen MR) is 158 cm³/mol. The number of thiazole rings is 1. The molecular weight excluding hydrogens is 577 g/mol. The average Bonchev–Trinajstić information content (AvgIpc) is 3.50. The van der Waals surface area contributed by atoms with Crippen LogP contribution in [0.15, 0.2) is 83.1 Å². The molecule has 214 valence electrons. The van der Waals surface area contributed by atoms with Crippen molar-refractivity contribution in [2.24, 2.45) is 11.1 Å². The van der Waals surface area contributed by atoms with Crippen LogP contribution in [0.5, 0.6) is 5.75 Å². The van der Waals surface area contributed by atoms with Gasteiger partial charge in [-0.2, -0.15) is 0 Å². The molecule has 42 heavy (non-hydrogen) atoms. The third-order valence-corrected chi connectivity index (χ3v) is 9.16. The molecule has 1 aliphatic rings. The fraction of sp³-hybridized carbons (Fsp3) is 0.161. The molecule has 1 saturated carbocycles. The molecule has 2 aromatic heterocycles. The maximum Gasteiger partial charge on any atom is 0.355 e. The summed E-state index contributed by atoms with van der Waals surface area (Å²) in [6.45, 7) is 0.236. The van der Waals surface area contributed by atoms with Crippen LogP contribution in [0.25, 0.3) is 33.0 Å². The average molecular weight is 604 g/mol. The Kier molecular flexibility index (Phi) is 7.17. The molecule has 0 spiro atoms. The number of benzene rings is 3. The Morgan fingerprint density at radius 2 is 1.76 bits per heavy atom. The summed E-state index contributed by atoms with van der Waals surface area (Å²) in [5, 5.41) is 26.5. The van der Waals surface area contributed by atoms with Crippen LogP contribution in [0, 0.1) is 11.7 Å². The van der Waals surface area contributed by atoms with Gasteiger partial charge in [-0.1, -0.05) is 36.4 Å². The summed E-state index contributed by atoms with van der Waals surface area (Å²) in [6.07, 6.45) is 2.88. The summed E-state index contributed by atoms with van der Waals surface area (Å²) in [7, 11) is -4.21. The van der Waals surface area contributed by atoms with Gasteiger partial charge in [-0.3, -0.25) is 0 Å². The predicted octanol–water partition coefficient (Wildman–Crippen LogP) is 6.14.